The number of rotatable bonds is 7. The van der Waals surface area contributed by atoms with Crippen molar-refractivity contribution in [3.8, 4) is 0 Å². The zero-order valence-corrected chi connectivity index (χ0v) is 20.0. The molecule has 1 saturated heterocycles. The van der Waals surface area contributed by atoms with E-state index in [0.29, 0.717) is 24.4 Å². The van der Waals surface area contributed by atoms with Crippen LogP contribution in [-0.2, 0) is 16.4 Å². The van der Waals surface area contributed by atoms with Gasteiger partial charge in [0.1, 0.15) is 5.82 Å². The number of nitrogens with one attached hydrogen (secondary N) is 3. The number of sulfonamides is 1. The second-order valence-corrected chi connectivity index (χ2v) is 10.6. The molecule has 0 unspecified atom stereocenters. The van der Waals surface area contributed by atoms with Crippen LogP contribution >= 0.6 is 11.6 Å². The largest absolute Gasteiger partial charge is 0.342 e. The Hall–Kier alpha value is -2.62. The molecule has 3 aromatic rings. The summed E-state index contributed by atoms with van der Waals surface area (Å²) in [7, 11) is -3.70. The van der Waals surface area contributed by atoms with Gasteiger partial charge in [0.15, 0.2) is 0 Å². The molecule has 0 radical (unpaired) electrons. The Morgan fingerprint density at radius 3 is 2.67 bits per heavy atom. The highest BCUT2D eigenvalue weighted by molar-refractivity contribution is 7.89. The lowest BCUT2D eigenvalue weighted by atomic mass is 9.99. The standard InChI is InChI=1S/C23H28ClN5O3S/c1-16-5-4-6-18(29(16)33(31,32)19-11-9-17(24)10-12-19)15-26-23(30)25-14-13-22-27-20-7-2-3-8-21(20)28-22/h2-3,7-12,16,18H,4-6,13-15H2,1H3,(H,27,28)(H2,25,26,30)/t16-,18-/m1/s1. The molecule has 1 aromatic heterocycles. The lowest BCUT2D eigenvalue weighted by Gasteiger charge is -2.39. The van der Waals surface area contributed by atoms with Crippen LogP contribution in [0.3, 0.4) is 0 Å². The fourth-order valence-electron chi connectivity index (χ4n) is 4.31. The van der Waals surface area contributed by atoms with E-state index in [1.807, 2.05) is 31.2 Å². The molecule has 4 rings (SSSR count). The molecule has 33 heavy (non-hydrogen) atoms. The van der Waals surface area contributed by atoms with E-state index in [-0.39, 0.29) is 29.6 Å². The number of amides is 2. The van der Waals surface area contributed by atoms with E-state index in [0.717, 1.165) is 29.7 Å². The molecule has 1 aliphatic heterocycles. The van der Waals surface area contributed by atoms with Gasteiger partial charge in [0.25, 0.3) is 0 Å². The van der Waals surface area contributed by atoms with E-state index < -0.39 is 10.0 Å². The summed E-state index contributed by atoms with van der Waals surface area (Å²) in [6.45, 7) is 2.57. The third kappa shape index (κ3) is 5.48. The van der Waals surface area contributed by atoms with Crippen molar-refractivity contribution in [2.75, 3.05) is 13.1 Å². The van der Waals surface area contributed by atoms with Crippen LogP contribution in [-0.4, -0.2) is 53.9 Å². The van der Waals surface area contributed by atoms with Gasteiger partial charge in [-0.05, 0) is 56.2 Å². The van der Waals surface area contributed by atoms with Gasteiger partial charge in [0, 0.05) is 36.6 Å². The maximum absolute atomic E-state index is 13.3. The molecule has 176 valence electrons. The number of fused-ring (bicyclic) bond motifs is 1. The summed E-state index contributed by atoms with van der Waals surface area (Å²) >= 11 is 5.92. The summed E-state index contributed by atoms with van der Waals surface area (Å²) in [5, 5.41) is 6.15. The molecule has 10 heteroatoms. The van der Waals surface area contributed by atoms with Crippen LogP contribution in [0.2, 0.25) is 5.02 Å². The maximum atomic E-state index is 13.3. The summed E-state index contributed by atoms with van der Waals surface area (Å²) in [6.07, 6.45) is 2.96. The van der Waals surface area contributed by atoms with E-state index in [2.05, 4.69) is 20.6 Å². The summed E-state index contributed by atoms with van der Waals surface area (Å²) in [5.41, 5.74) is 1.86. The van der Waals surface area contributed by atoms with Gasteiger partial charge in [-0.15, -0.1) is 0 Å². The molecule has 1 fully saturated rings. The average Bonchev–Trinajstić information content (AvgIpc) is 3.20. The number of hydrogen-bond acceptors (Lipinski definition) is 4. The van der Waals surface area contributed by atoms with Gasteiger partial charge < -0.3 is 15.6 Å². The fourth-order valence-corrected chi connectivity index (χ4v) is 6.31. The first-order valence-corrected chi connectivity index (χ1v) is 12.9. The Morgan fingerprint density at radius 2 is 1.91 bits per heavy atom. The molecule has 3 N–H and O–H groups in total. The van der Waals surface area contributed by atoms with Gasteiger partial charge in [-0.25, -0.2) is 18.2 Å². The van der Waals surface area contributed by atoms with Crippen LogP contribution in [0.5, 0.6) is 0 Å². The number of hydrogen-bond donors (Lipinski definition) is 3. The van der Waals surface area contributed by atoms with Crippen LogP contribution in [0.4, 0.5) is 4.79 Å². The summed E-state index contributed by atoms with van der Waals surface area (Å²) in [5.74, 6) is 0.804. The monoisotopic (exact) mass is 489 g/mol. The third-order valence-corrected chi connectivity index (χ3v) is 8.26. The molecule has 2 amide bonds. The topological polar surface area (TPSA) is 107 Å². The van der Waals surface area contributed by atoms with Crippen molar-refractivity contribution in [2.24, 2.45) is 0 Å². The Labute approximate surface area is 198 Å². The minimum Gasteiger partial charge on any atom is -0.342 e. The maximum Gasteiger partial charge on any atom is 0.314 e. The van der Waals surface area contributed by atoms with E-state index >= 15 is 0 Å². The number of H-pyrrole nitrogens is 1. The van der Waals surface area contributed by atoms with Crippen LogP contribution in [0.25, 0.3) is 11.0 Å². The number of carbonyl (C=O) groups is 1. The smallest absolute Gasteiger partial charge is 0.314 e. The number of benzene rings is 2. The number of para-hydroxylation sites is 2. The Balaban J connectivity index is 1.33. The fraction of sp³-hybridized carbons (Fsp3) is 0.391. The van der Waals surface area contributed by atoms with Gasteiger partial charge in [0.2, 0.25) is 10.0 Å². The molecule has 0 spiro atoms. The summed E-state index contributed by atoms with van der Waals surface area (Å²) < 4.78 is 28.2. The molecule has 0 aliphatic carbocycles. The van der Waals surface area contributed by atoms with E-state index in [1.54, 1.807) is 12.1 Å². The van der Waals surface area contributed by atoms with E-state index in [4.69, 9.17) is 11.6 Å². The Bertz CT molecular complexity index is 1180. The lowest BCUT2D eigenvalue weighted by molar-refractivity contribution is 0.185. The number of aromatic nitrogens is 2. The van der Waals surface area contributed by atoms with Gasteiger partial charge in [-0.1, -0.05) is 30.2 Å². The van der Waals surface area contributed by atoms with E-state index in [9.17, 15) is 13.2 Å². The predicted molar refractivity (Wildman–Crippen MR) is 129 cm³/mol. The first kappa shape index (κ1) is 23.5. The zero-order chi connectivity index (χ0) is 23.4. The SMILES string of the molecule is C[C@@H]1CCC[C@H](CNC(=O)NCCc2nc3ccccc3[nH]2)N1S(=O)(=O)c1ccc(Cl)cc1. The predicted octanol–water partition coefficient (Wildman–Crippen LogP) is 3.69. The van der Waals surface area contributed by atoms with Crippen molar-refractivity contribution >= 4 is 38.7 Å². The quantitative estimate of drug-likeness (QED) is 0.470. The van der Waals surface area contributed by atoms with Crippen molar-refractivity contribution in [3.63, 3.8) is 0 Å². The number of nitrogens with zero attached hydrogens (tertiary/aromatic N) is 2. The average molecular weight is 490 g/mol. The molecule has 2 atom stereocenters. The van der Waals surface area contributed by atoms with Crippen molar-refractivity contribution in [3.05, 3.63) is 59.4 Å². The molecular formula is C23H28ClN5O3S. The van der Waals surface area contributed by atoms with E-state index in [1.165, 1.54) is 16.4 Å². The van der Waals surface area contributed by atoms with Crippen molar-refractivity contribution in [2.45, 2.75) is 49.6 Å². The highest BCUT2D eigenvalue weighted by atomic mass is 35.5. The third-order valence-electron chi connectivity index (χ3n) is 5.93. The molecule has 8 nitrogen and oxygen atoms in total. The number of urea groups is 1. The molecule has 0 bridgehead atoms. The van der Waals surface area contributed by atoms with Crippen molar-refractivity contribution in [1.29, 1.82) is 0 Å². The Morgan fingerprint density at radius 1 is 1.15 bits per heavy atom. The van der Waals surface area contributed by atoms with Gasteiger partial charge in [-0.2, -0.15) is 4.31 Å². The molecular weight excluding hydrogens is 462 g/mol. The second kappa shape index (κ2) is 10.1. The zero-order valence-electron chi connectivity index (χ0n) is 18.4. The molecule has 1 aliphatic rings. The number of halogens is 1. The minimum atomic E-state index is -3.70. The Kier molecular flexibility index (Phi) is 7.21. The van der Waals surface area contributed by atoms with Crippen LogP contribution in [0.1, 0.15) is 32.0 Å². The minimum absolute atomic E-state index is 0.151. The highest BCUT2D eigenvalue weighted by Crippen LogP contribution is 2.30. The first-order valence-electron chi connectivity index (χ1n) is 11.1. The molecule has 2 heterocycles. The number of piperidine rings is 1. The van der Waals surface area contributed by atoms with Crippen LogP contribution in [0, 0.1) is 0 Å². The summed E-state index contributed by atoms with van der Waals surface area (Å²) in [6, 6.07) is 13.2. The van der Waals surface area contributed by atoms with Gasteiger partial charge in [0.05, 0.1) is 15.9 Å². The number of imidazole rings is 1. The normalized spacial score (nSPS) is 19.5. The van der Waals surface area contributed by atoms with Crippen molar-refractivity contribution < 1.29 is 13.2 Å². The second-order valence-electron chi connectivity index (χ2n) is 8.31. The summed E-state index contributed by atoms with van der Waals surface area (Å²) in [4.78, 5) is 20.3. The number of aromatic amines is 1. The van der Waals surface area contributed by atoms with Crippen LogP contribution < -0.4 is 10.6 Å². The van der Waals surface area contributed by atoms with Gasteiger partial charge >= 0.3 is 6.03 Å². The van der Waals surface area contributed by atoms with Gasteiger partial charge in [-0.3, -0.25) is 0 Å². The van der Waals surface area contributed by atoms with Crippen LogP contribution in [0.15, 0.2) is 53.4 Å². The van der Waals surface area contributed by atoms with Crippen molar-refractivity contribution in [1.82, 2.24) is 24.9 Å². The highest BCUT2D eigenvalue weighted by Gasteiger charge is 2.37. The molecule has 0 saturated carbocycles. The number of carbonyl (C=O) groups excluding carboxylic acids is 1. The molecule has 2 aromatic carbocycles. The lowest BCUT2D eigenvalue weighted by Crippen LogP contribution is -2.54. The first-order chi connectivity index (χ1) is 15.8.